The number of allylic oxidation sites excluding steroid dienone is 2. The molecule has 0 spiro atoms. The summed E-state index contributed by atoms with van der Waals surface area (Å²) < 4.78 is 5.99. The van der Waals surface area contributed by atoms with Gasteiger partial charge in [-0.3, -0.25) is 9.59 Å². The Bertz CT molecular complexity index is 614. The van der Waals surface area contributed by atoms with Gasteiger partial charge in [0, 0.05) is 12.8 Å². The van der Waals surface area contributed by atoms with Crippen LogP contribution in [-0.4, -0.2) is 23.1 Å². The molecule has 0 aromatic carbocycles. The summed E-state index contributed by atoms with van der Waals surface area (Å²) in [7, 11) is 0. The highest BCUT2D eigenvalue weighted by Crippen LogP contribution is 2.19. The number of unbranched alkanes of at least 4 members (excludes halogenated alkanes) is 24. The van der Waals surface area contributed by atoms with Crippen molar-refractivity contribution in [2.75, 3.05) is 0 Å². The first-order valence-electron chi connectivity index (χ1n) is 19.2. The van der Waals surface area contributed by atoms with E-state index < -0.39 is 5.97 Å². The topological polar surface area (TPSA) is 63.6 Å². The molecule has 0 rings (SSSR count). The van der Waals surface area contributed by atoms with E-state index in [0.29, 0.717) is 12.8 Å². The normalized spacial score (nSPS) is 12.2. The Morgan fingerprint density at radius 1 is 0.488 bits per heavy atom. The smallest absolute Gasteiger partial charge is 0.306 e. The molecule has 0 aliphatic carbocycles. The molecule has 1 atom stereocenters. The molecule has 0 heterocycles. The summed E-state index contributed by atoms with van der Waals surface area (Å²) in [6.45, 7) is 4.51. The summed E-state index contributed by atoms with van der Waals surface area (Å²) in [5, 5.41) is 8.68. The molecule has 1 unspecified atom stereocenters. The molecule has 0 saturated heterocycles. The van der Waals surface area contributed by atoms with E-state index in [9.17, 15) is 9.59 Å². The zero-order valence-corrected chi connectivity index (χ0v) is 29.0. The SMILES string of the molecule is CCCCCC/C=C\CCCCCCCCC(=O)OC(CCCCCC)CCCCCCCCCCCCCCC(=O)O. The maximum atomic E-state index is 12.6. The van der Waals surface area contributed by atoms with Gasteiger partial charge in [-0.1, -0.05) is 154 Å². The molecule has 0 aliphatic heterocycles. The molecule has 0 aliphatic rings. The Kier molecular flexibility index (Phi) is 34.1. The van der Waals surface area contributed by atoms with Crippen LogP contribution in [0.1, 0.15) is 219 Å². The van der Waals surface area contributed by atoms with Gasteiger partial charge in [0.25, 0.3) is 0 Å². The van der Waals surface area contributed by atoms with Crippen LogP contribution in [0.5, 0.6) is 0 Å². The van der Waals surface area contributed by atoms with Crippen LogP contribution in [0.3, 0.4) is 0 Å². The lowest BCUT2D eigenvalue weighted by Crippen LogP contribution is -2.18. The van der Waals surface area contributed by atoms with Gasteiger partial charge < -0.3 is 9.84 Å². The van der Waals surface area contributed by atoms with Crippen molar-refractivity contribution in [2.24, 2.45) is 0 Å². The van der Waals surface area contributed by atoms with E-state index in [1.807, 2.05) is 0 Å². The van der Waals surface area contributed by atoms with Gasteiger partial charge in [-0.2, -0.15) is 0 Å². The summed E-state index contributed by atoms with van der Waals surface area (Å²) in [6.07, 6.45) is 42.5. The molecule has 4 heteroatoms. The molecule has 4 nitrogen and oxygen atoms in total. The lowest BCUT2D eigenvalue weighted by atomic mass is 10.0. The number of hydrogen-bond acceptors (Lipinski definition) is 3. The van der Waals surface area contributed by atoms with Gasteiger partial charge >= 0.3 is 11.9 Å². The fourth-order valence-electron chi connectivity index (χ4n) is 5.89. The van der Waals surface area contributed by atoms with Crippen molar-refractivity contribution in [2.45, 2.75) is 225 Å². The number of esters is 1. The fourth-order valence-corrected chi connectivity index (χ4v) is 5.89. The average Bonchev–Trinajstić information content (AvgIpc) is 2.99. The van der Waals surface area contributed by atoms with E-state index >= 15 is 0 Å². The molecule has 1 N–H and O–H groups in total. The molecule has 43 heavy (non-hydrogen) atoms. The van der Waals surface area contributed by atoms with E-state index in [4.69, 9.17) is 9.84 Å². The average molecular weight is 607 g/mol. The predicted octanol–water partition coefficient (Wildman–Crippen LogP) is 13.1. The Labute approximate surface area is 268 Å². The number of hydrogen-bond donors (Lipinski definition) is 1. The Balaban J connectivity index is 3.80. The van der Waals surface area contributed by atoms with Crippen LogP contribution < -0.4 is 0 Å². The lowest BCUT2D eigenvalue weighted by molar-refractivity contribution is -0.150. The molecule has 0 bridgehead atoms. The first-order chi connectivity index (χ1) is 21.1. The number of rotatable bonds is 35. The number of carbonyl (C=O) groups is 2. The van der Waals surface area contributed by atoms with Crippen LogP contribution in [0.4, 0.5) is 0 Å². The Morgan fingerprint density at radius 2 is 0.837 bits per heavy atom. The second-order valence-corrected chi connectivity index (χ2v) is 13.1. The second-order valence-electron chi connectivity index (χ2n) is 13.1. The molecule has 0 saturated carbocycles. The van der Waals surface area contributed by atoms with Crippen molar-refractivity contribution in [3.63, 3.8) is 0 Å². The van der Waals surface area contributed by atoms with Gasteiger partial charge in [-0.15, -0.1) is 0 Å². The third-order valence-electron chi connectivity index (χ3n) is 8.74. The molecular weight excluding hydrogens is 532 g/mol. The van der Waals surface area contributed by atoms with Crippen molar-refractivity contribution >= 4 is 11.9 Å². The van der Waals surface area contributed by atoms with Crippen molar-refractivity contribution < 1.29 is 19.4 Å². The standard InChI is InChI=1S/C39H74O4/c1-3-5-7-9-10-11-12-13-14-19-22-25-28-32-36-39(42)43-37(33-29-8-6-4-2)34-30-26-23-20-17-15-16-18-21-24-27-31-35-38(40)41/h11-12,37H,3-10,13-36H2,1-2H3,(H,40,41)/b12-11-. The maximum Gasteiger partial charge on any atom is 0.306 e. The maximum absolute atomic E-state index is 12.6. The van der Waals surface area contributed by atoms with Crippen LogP contribution in [0.15, 0.2) is 12.2 Å². The van der Waals surface area contributed by atoms with Crippen molar-refractivity contribution in [1.82, 2.24) is 0 Å². The number of carboxylic acid groups (broad SMARTS) is 1. The Morgan fingerprint density at radius 3 is 1.28 bits per heavy atom. The highest BCUT2D eigenvalue weighted by Gasteiger charge is 2.14. The van der Waals surface area contributed by atoms with Gasteiger partial charge in [-0.25, -0.2) is 0 Å². The highest BCUT2D eigenvalue weighted by molar-refractivity contribution is 5.69. The molecule has 0 fully saturated rings. The quantitative estimate of drug-likeness (QED) is 0.0443. The fraction of sp³-hybridized carbons (Fsp3) is 0.897. The summed E-state index contributed by atoms with van der Waals surface area (Å²) in [5.74, 6) is -0.635. The predicted molar refractivity (Wildman–Crippen MR) is 186 cm³/mol. The molecule has 0 radical (unpaired) electrons. The van der Waals surface area contributed by atoms with E-state index in [1.165, 1.54) is 154 Å². The van der Waals surface area contributed by atoms with Crippen molar-refractivity contribution in [3.05, 3.63) is 12.2 Å². The van der Waals surface area contributed by atoms with Crippen LogP contribution in [0.25, 0.3) is 0 Å². The number of carboxylic acids is 1. The summed E-state index contributed by atoms with van der Waals surface area (Å²) in [4.78, 5) is 23.1. The largest absolute Gasteiger partial charge is 0.481 e. The van der Waals surface area contributed by atoms with Crippen LogP contribution in [-0.2, 0) is 14.3 Å². The zero-order valence-electron chi connectivity index (χ0n) is 29.0. The molecular formula is C39H74O4. The third-order valence-corrected chi connectivity index (χ3v) is 8.74. The van der Waals surface area contributed by atoms with Crippen molar-refractivity contribution in [1.29, 1.82) is 0 Å². The summed E-state index contributed by atoms with van der Waals surface area (Å²) >= 11 is 0. The van der Waals surface area contributed by atoms with Crippen LogP contribution in [0, 0.1) is 0 Å². The molecule has 254 valence electrons. The number of aliphatic carboxylic acids is 1. The van der Waals surface area contributed by atoms with Crippen molar-refractivity contribution in [3.8, 4) is 0 Å². The minimum atomic E-state index is -0.669. The minimum Gasteiger partial charge on any atom is -0.481 e. The van der Waals surface area contributed by atoms with Gasteiger partial charge in [0.1, 0.15) is 6.10 Å². The van der Waals surface area contributed by atoms with Crippen LogP contribution >= 0.6 is 0 Å². The van der Waals surface area contributed by atoms with Gasteiger partial charge in [0.2, 0.25) is 0 Å². The third kappa shape index (κ3) is 35.0. The van der Waals surface area contributed by atoms with Gasteiger partial charge in [0.15, 0.2) is 0 Å². The second kappa shape index (κ2) is 35.2. The molecule has 0 aromatic heterocycles. The number of carbonyl (C=O) groups excluding carboxylic acids is 1. The molecule has 0 amide bonds. The minimum absolute atomic E-state index is 0.0338. The van der Waals surface area contributed by atoms with E-state index in [1.54, 1.807) is 0 Å². The molecule has 0 aromatic rings. The summed E-state index contributed by atoms with van der Waals surface area (Å²) in [6, 6.07) is 0. The lowest BCUT2D eigenvalue weighted by Gasteiger charge is -2.18. The summed E-state index contributed by atoms with van der Waals surface area (Å²) in [5.41, 5.74) is 0. The van der Waals surface area contributed by atoms with Crippen LogP contribution in [0.2, 0.25) is 0 Å². The van der Waals surface area contributed by atoms with E-state index in [-0.39, 0.29) is 12.1 Å². The monoisotopic (exact) mass is 607 g/mol. The van der Waals surface area contributed by atoms with E-state index in [2.05, 4.69) is 26.0 Å². The highest BCUT2D eigenvalue weighted by atomic mass is 16.5. The van der Waals surface area contributed by atoms with Gasteiger partial charge in [-0.05, 0) is 64.2 Å². The first-order valence-corrected chi connectivity index (χ1v) is 19.2. The van der Waals surface area contributed by atoms with E-state index in [0.717, 1.165) is 38.5 Å². The van der Waals surface area contributed by atoms with Gasteiger partial charge in [0.05, 0.1) is 0 Å². The Hall–Kier alpha value is -1.32. The number of ether oxygens (including phenoxy) is 1. The zero-order chi connectivity index (χ0) is 31.5. The first kappa shape index (κ1) is 41.7.